The number of fused-ring (bicyclic) bond motifs is 2. The Morgan fingerprint density at radius 2 is 2.00 bits per heavy atom. The highest BCUT2D eigenvalue weighted by Crippen LogP contribution is 2.59. The van der Waals surface area contributed by atoms with Crippen molar-refractivity contribution in [3.63, 3.8) is 0 Å². The Labute approximate surface area is 153 Å². The van der Waals surface area contributed by atoms with Crippen molar-refractivity contribution in [3.05, 3.63) is 12.7 Å². The molecule has 0 saturated heterocycles. The fourth-order valence-electron chi connectivity index (χ4n) is 4.28. The number of ketones is 1. The van der Waals surface area contributed by atoms with Crippen LogP contribution in [0.15, 0.2) is 12.7 Å². The predicted octanol–water partition coefficient (Wildman–Crippen LogP) is 4.21. The van der Waals surface area contributed by atoms with Crippen molar-refractivity contribution < 1.29 is 18.8 Å². The second kappa shape index (κ2) is 6.65. The lowest BCUT2D eigenvalue weighted by Gasteiger charge is -2.41. The molecule has 2 rings (SSSR count). The van der Waals surface area contributed by atoms with Gasteiger partial charge in [0.1, 0.15) is 12.0 Å². The molecule has 5 atom stereocenters. The van der Waals surface area contributed by atoms with Gasteiger partial charge in [0.2, 0.25) is 0 Å². The molecule has 0 aliphatic heterocycles. The SMILES string of the molecule is C=CCOC(=O)[C@@]1(C)C(=O)[C@H]2C[C@@H]1[C@H](C)[C@H]2CO[Si](C)(C)C(C)(C)C. The van der Waals surface area contributed by atoms with Gasteiger partial charge in [-0.05, 0) is 49.2 Å². The van der Waals surface area contributed by atoms with E-state index < -0.39 is 13.7 Å². The van der Waals surface area contributed by atoms with E-state index in [4.69, 9.17) is 9.16 Å². The second-order valence-corrected chi connectivity index (χ2v) is 14.3. The van der Waals surface area contributed by atoms with E-state index in [0.717, 1.165) is 6.42 Å². The third kappa shape index (κ3) is 3.25. The summed E-state index contributed by atoms with van der Waals surface area (Å²) < 4.78 is 11.6. The summed E-state index contributed by atoms with van der Waals surface area (Å²) >= 11 is 0. The quantitative estimate of drug-likeness (QED) is 0.306. The van der Waals surface area contributed by atoms with Gasteiger partial charge in [-0.25, -0.2) is 0 Å². The van der Waals surface area contributed by atoms with E-state index in [1.54, 1.807) is 6.92 Å². The van der Waals surface area contributed by atoms with Crippen molar-refractivity contribution in [2.24, 2.45) is 29.1 Å². The predicted molar refractivity (Wildman–Crippen MR) is 102 cm³/mol. The number of hydrogen-bond acceptors (Lipinski definition) is 4. The van der Waals surface area contributed by atoms with E-state index in [1.807, 2.05) is 0 Å². The zero-order valence-electron chi connectivity index (χ0n) is 16.8. The van der Waals surface area contributed by atoms with E-state index in [1.165, 1.54) is 6.08 Å². The first-order valence-electron chi connectivity index (χ1n) is 9.34. The van der Waals surface area contributed by atoms with Gasteiger partial charge in [-0.2, -0.15) is 0 Å². The highest BCUT2D eigenvalue weighted by molar-refractivity contribution is 6.74. The van der Waals surface area contributed by atoms with Crippen molar-refractivity contribution in [1.29, 1.82) is 0 Å². The van der Waals surface area contributed by atoms with E-state index in [2.05, 4.69) is 47.4 Å². The van der Waals surface area contributed by atoms with Gasteiger partial charge >= 0.3 is 5.97 Å². The molecule has 4 nitrogen and oxygen atoms in total. The summed E-state index contributed by atoms with van der Waals surface area (Å²) in [4.78, 5) is 25.5. The molecule has 0 aromatic rings. The lowest BCUT2D eigenvalue weighted by molar-refractivity contribution is -0.164. The van der Waals surface area contributed by atoms with Gasteiger partial charge in [-0.3, -0.25) is 9.59 Å². The number of rotatable bonds is 6. The van der Waals surface area contributed by atoms with E-state index in [-0.39, 0.29) is 47.1 Å². The van der Waals surface area contributed by atoms with Crippen LogP contribution in [0.3, 0.4) is 0 Å². The summed E-state index contributed by atoms with van der Waals surface area (Å²) in [5.41, 5.74) is -0.999. The van der Waals surface area contributed by atoms with Crippen LogP contribution in [0, 0.1) is 29.1 Å². The third-order valence-electron chi connectivity index (χ3n) is 7.12. The van der Waals surface area contributed by atoms with Gasteiger partial charge in [0.25, 0.3) is 0 Å². The Balaban J connectivity index is 2.11. The van der Waals surface area contributed by atoms with Crippen LogP contribution < -0.4 is 0 Å². The summed E-state index contributed by atoms with van der Waals surface area (Å²) in [6.07, 6.45) is 2.32. The monoisotopic (exact) mass is 366 g/mol. The second-order valence-electron chi connectivity index (χ2n) is 9.50. The summed E-state index contributed by atoms with van der Waals surface area (Å²) in [6.45, 7) is 19.4. The molecule has 0 N–H and O–H groups in total. The normalized spacial score (nSPS) is 35.1. The lowest BCUT2D eigenvalue weighted by atomic mass is 9.65. The van der Waals surface area contributed by atoms with Crippen LogP contribution in [0.5, 0.6) is 0 Å². The van der Waals surface area contributed by atoms with Crippen LogP contribution >= 0.6 is 0 Å². The van der Waals surface area contributed by atoms with E-state index in [9.17, 15) is 9.59 Å². The zero-order valence-corrected chi connectivity index (χ0v) is 17.8. The number of hydrogen-bond donors (Lipinski definition) is 0. The lowest BCUT2D eigenvalue weighted by Crippen LogP contribution is -2.50. The summed E-state index contributed by atoms with van der Waals surface area (Å²) in [5, 5.41) is 0.154. The number of carbonyl (C=O) groups is 2. The molecule has 0 amide bonds. The van der Waals surface area contributed by atoms with Crippen LogP contribution in [0.1, 0.15) is 41.0 Å². The first-order chi connectivity index (χ1) is 11.4. The molecule has 0 aromatic heterocycles. The molecule has 2 fully saturated rings. The molecule has 0 unspecified atom stereocenters. The molecule has 2 saturated carbocycles. The van der Waals surface area contributed by atoms with Crippen molar-refractivity contribution in [3.8, 4) is 0 Å². The fraction of sp³-hybridized carbons (Fsp3) is 0.800. The fourth-order valence-corrected chi connectivity index (χ4v) is 5.33. The van der Waals surface area contributed by atoms with Gasteiger partial charge in [-0.1, -0.05) is 40.3 Å². The summed E-state index contributed by atoms with van der Waals surface area (Å²) in [5.74, 6) is 0.135. The van der Waals surface area contributed by atoms with Crippen LogP contribution in [-0.2, 0) is 18.8 Å². The number of Topliss-reactive ketones (excluding diaryl/α,β-unsaturated/α-hetero) is 1. The molecular formula is C20H34O4Si. The van der Waals surface area contributed by atoms with Gasteiger partial charge < -0.3 is 9.16 Å². The minimum Gasteiger partial charge on any atom is -0.461 e. The van der Waals surface area contributed by atoms with Crippen LogP contribution in [-0.4, -0.2) is 33.3 Å². The topological polar surface area (TPSA) is 52.6 Å². The van der Waals surface area contributed by atoms with Crippen LogP contribution in [0.25, 0.3) is 0 Å². The Morgan fingerprint density at radius 1 is 1.40 bits per heavy atom. The molecule has 0 spiro atoms. The smallest absolute Gasteiger partial charge is 0.319 e. The Bertz CT molecular complexity index is 563. The van der Waals surface area contributed by atoms with Gasteiger partial charge in [0.05, 0.1) is 0 Å². The molecule has 2 aliphatic carbocycles. The maximum atomic E-state index is 13.0. The van der Waals surface area contributed by atoms with E-state index in [0.29, 0.717) is 6.61 Å². The molecule has 2 bridgehead atoms. The Kier molecular flexibility index (Phi) is 5.42. The van der Waals surface area contributed by atoms with Crippen molar-refractivity contribution in [2.45, 2.75) is 59.2 Å². The number of ether oxygens (including phenoxy) is 1. The minimum absolute atomic E-state index is 0.0495. The standard InChI is InChI=1S/C20H34O4Si/c1-9-10-23-18(22)20(6)16-11-14(17(20)21)15(13(16)2)12-24-25(7,8)19(3,4)5/h9,13-16H,1,10-12H2,2-8H3/t13-,14+,15-,16-,20-/m1/s1. The van der Waals surface area contributed by atoms with Crippen LogP contribution in [0.4, 0.5) is 0 Å². The third-order valence-corrected chi connectivity index (χ3v) is 11.6. The molecule has 0 radical (unpaired) electrons. The summed E-state index contributed by atoms with van der Waals surface area (Å²) in [7, 11) is -1.84. The maximum Gasteiger partial charge on any atom is 0.319 e. The summed E-state index contributed by atoms with van der Waals surface area (Å²) in [6, 6.07) is 0. The number of esters is 1. The minimum atomic E-state index is -1.84. The Morgan fingerprint density at radius 3 is 2.52 bits per heavy atom. The molecule has 142 valence electrons. The first kappa shape index (κ1) is 20.4. The molecular weight excluding hydrogens is 332 g/mol. The van der Waals surface area contributed by atoms with Crippen molar-refractivity contribution >= 4 is 20.1 Å². The van der Waals surface area contributed by atoms with Crippen molar-refractivity contribution in [1.82, 2.24) is 0 Å². The van der Waals surface area contributed by atoms with Gasteiger partial charge in [0, 0.05) is 12.5 Å². The van der Waals surface area contributed by atoms with Gasteiger partial charge in [0.15, 0.2) is 14.1 Å². The average Bonchev–Trinajstić information content (AvgIpc) is 2.97. The molecule has 0 heterocycles. The molecule has 2 aliphatic rings. The average molecular weight is 367 g/mol. The highest BCUT2D eigenvalue weighted by atomic mass is 28.4. The Hall–Kier alpha value is -0.943. The molecule has 0 aromatic carbocycles. The highest BCUT2D eigenvalue weighted by Gasteiger charge is 2.66. The zero-order chi connectivity index (χ0) is 19.2. The largest absolute Gasteiger partial charge is 0.461 e. The van der Waals surface area contributed by atoms with Crippen molar-refractivity contribution in [2.75, 3.05) is 13.2 Å². The molecule has 5 heteroatoms. The maximum absolute atomic E-state index is 13.0. The van der Waals surface area contributed by atoms with Gasteiger partial charge in [-0.15, -0.1) is 0 Å². The number of carbonyl (C=O) groups excluding carboxylic acids is 2. The van der Waals surface area contributed by atoms with Crippen LogP contribution in [0.2, 0.25) is 18.1 Å². The molecule has 25 heavy (non-hydrogen) atoms. The first-order valence-corrected chi connectivity index (χ1v) is 12.2. The van der Waals surface area contributed by atoms with E-state index >= 15 is 0 Å².